The van der Waals surface area contributed by atoms with E-state index in [1.807, 2.05) is 0 Å². The number of aromatic hydroxyl groups is 1. The van der Waals surface area contributed by atoms with Gasteiger partial charge in [0.1, 0.15) is 5.56 Å². The van der Waals surface area contributed by atoms with E-state index in [2.05, 4.69) is 19.6 Å². The number of nitrogens with zero attached hydrogens (tertiary/aromatic N) is 5. The number of thioether (sulfide) groups is 1. The van der Waals surface area contributed by atoms with Gasteiger partial charge in [-0.05, 0) is 31.2 Å². The average molecular weight is 578 g/mol. The summed E-state index contributed by atoms with van der Waals surface area (Å²) in [4.78, 5) is 28.1. The van der Waals surface area contributed by atoms with Crippen LogP contribution in [0.1, 0.15) is 15.9 Å². The van der Waals surface area contributed by atoms with E-state index in [9.17, 15) is 36.6 Å². The number of hydrogen-bond acceptors (Lipinski definition) is 13. The largest absolute Gasteiger partial charge is 0.493 e. The van der Waals surface area contributed by atoms with Crippen LogP contribution in [-0.2, 0) is 20.2 Å². The van der Waals surface area contributed by atoms with Crippen LogP contribution in [0.25, 0.3) is 5.69 Å². The third-order valence-electron chi connectivity index (χ3n) is 4.38. The first-order valence-electron chi connectivity index (χ1n) is 9.32. The molecule has 0 aliphatic heterocycles. The quantitative estimate of drug-likeness (QED) is 0.162. The SMILES string of the molecule is Cc1c(N=Nc2nc(SCCS(=O)(=O)O)ns2)c(O)n(-c2ccc(S(=O)(=O)O)cc2)c(=O)c1C(=O)O. The van der Waals surface area contributed by atoms with Crippen LogP contribution in [0.5, 0.6) is 5.88 Å². The fourth-order valence-electron chi connectivity index (χ4n) is 2.77. The first kappa shape index (κ1) is 27.4. The molecule has 4 N–H and O–H groups in total. The number of carbonyl (C=O) groups is 1. The predicted molar refractivity (Wildman–Crippen MR) is 126 cm³/mol. The van der Waals surface area contributed by atoms with Crippen molar-refractivity contribution in [3.63, 3.8) is 0 Å². The Kier molecular flexibility index (Phi) is 7.91. The van der Waals surface area contributed by atoms with Crippen molar-refractivity contribution < 1.29 is 40.9 Å². The first-order valence-corrected chi connectivity index (χ1v) is 14.1. The number of hydrogen-bond donors (Lipinski definition) is 4. The van der Waals surface area contributed by atoms with E-state index >= 15 is 0 Å². The molecule has 0 amide bonds. The van der Waals surface area contributed by atoms with Gasteiger partial charge in [-0.25, -0.2) is 9.36 Å². The van der Waals surface area contributed by atoms with Crippen molar-refractivity contribution in [3.8, 4) is 11.6 Å². The summed E-state index contributed by atoms with van der Waals surface area (Å²) in [6.07, 6.45) is 0. The maximum atomic E-state index is 12.8. The fraction of sp³-hybridized carbons (Fsp3) is 0.176. The van der Waals surface area contributed by atoms with Crippen LogP contribution in [0.2, 0.25) is 0 Å². The van der Waals surface area contributed by atoms with Gasteiger partial charge in [-0.15, -0.1) is 10.2 Å². The van der Waals surface area contributed by atoms with Gasteiger partial charge in [0.25, 0.3) is 25.8 Å². The smallest absolute Gasteiger partial charge is 0.341 e. The van der Waals surface area contributed by atoms with Crippen molar-refractivity contribution in [2.45, 2.75) is 17.0 Å². The van der Waals surface area contributed by atoms with Crippen molar-refractivity contribution in [2.24, 2.45) is 10.2 Å². The summed E-state index contributed by atoms with van der Waals surface area (Å²) in [5.74, 6) is -2.98. The molecule has 15 nitrogen and oxygen atoms in total. The highest BCUT2D eigenvalue weighted by Gasteiger charge is 2.25. The van der Waals surface area contributed by atoms with Crippen LogP contribution < -0.4 is 5.56 Å². The molecule has 0 spiro atoms. The Bertz CT molecular complexity index is 1630. The standard InChI is InChI=1S/C17H15N5O10S4/c1-8-11(15(25)26)13(23)22(9-2-4-10(5-3-9)36(30,31)32)14(24)12(8)19-20-16-18-17(21-34-16)33-6-7-35(27,28)29/h2-5,24H,6-7H2,1H3,(H,25,26)(H,27,28,29)(H,30,31,32). The molecule has 0 fully saturated rings. The van der Waals surface area contributed by atoms with Gasteiger partial charge >= 0.3 is 5.97 Å². The molecule has 0 saturated heterocycles. The van der Waals surface area contributed by atoms with E-state index in [0.717, 1.165) is 47.6 Å². The normalized spacial score (nSPS) is 12.3. The number of azo groups is 1. The lowest BCUT2D eigenvalue weighted by molar-refractivity contribution is 0.0693. The number of aromatic nitrogens is 3. The lowest BCUT2D eigenvalue weighted by atomic mass is 10.1. The third kappa shape index (κ3) is 6.30. The van der Waals surface area contributed by atoms with E-state index in [1.54, 1.807) is 0 Å². The van der Waals surface area contributed by atoms with Gasteiger partial charge in [-0.1, -0.05) is 11.8 Å². The van der Waals surface area contributed by atoms with E-state index in [1.165, 1.54) is 6.92 Å². The molecule has 1 aromatic carbocycles. The number of aromatic carboxylic acids is 1. The van der Waals surface area contributed by atoms with Gasteiger partial charge in [0.05, 0.1) is 16.3 Å². The summed E-state index contributed by atoms with van der Waals surface area (Å²) in [6.45, 7) is 1.22. The summed E-state index contributed by atoms with van der Waals surface area (Å²) in [5.41, 5.74) is -2.62. The van der Waals surface area contributed by atoms with Crippen LogP contribution >= 0.6 is 23.3 Å². The first-order chi connectivity index (χ1) is 16.7. The van der Waals surface area contributed by atoms with Crippen LogP contribution in [0.3, 0.4) is 0 Å². The van der Waals surface area contributed by atoms with E-state index in [0.29, 0.717) is 4.57 Å². The van der Waals surface area contributed by atoms with Crippen LogP contribution in [0, 0.1) is 6.92 Å². The van der Waals surface area contributed by atoms with Gasteiger partial charge in [0.2, 0.25) is 16.2 Å². The van der Waals surface area contributed by atoms with Gasteiger partial charge in [0.15, 0.2) is 5.69 Å². The molecule has 2 heterocycles. The highest BCUT2D eigenvalue weighted by Crippen LogP contribution is 2.34. The molecule has 0 aliphatic rings. The zero-order valence-corrected chi connectivity index (χ0v) is 21.1. The van der Waals surface area contributed by atoms with E-state index in [-0.39, 0.29) is 27.3 Å². The Morgan fingerprint density at radius 2 is 1.78 bits per heavy atom. The summed E-state index contributed by atoms with van der Waals surface area (Å²) in [7, 11) is -8.70. The number of carboxylic acid groups (broad SMARTS) is 1. The minimum absolute atomic E-state index is 0.0324. The zero-order chi connectivity index (χ0) is 26.8. The van der Waals surface area contributed by atoms with Gasteiger partial charge < -0.3 is 10.2 Å². The fourth-order valence-corrected chi connectivity index (χ4v) is 5.55. The highest BCUT2D eigenvalue weighted by atomic mass is 32.2. The van der Waals surface area contributed by atoms with Crippen LogP contribution in [0.15, 0.2) is 49.3 Å². The average Bonchev–Trinajstić information content (AvgIpc) is 3.19. The molecule has 2 aromatic heterocycles. The summed E-state index contributed by atoms with van der Waals surface area (Å²) in [5, 5.41) is 28.0. The Morgan fingerprint density at radius 1 is 1.14 bits per heavy atom. The molecule has 192 valence electrons. The molecule has 36 heavy (non-hydrogen) atoms. The second-order valence-electron chi connectivity index (χ2n) is 6.78. The Hall–Kier alpha value is -3.23. The van der Waals surface area contributed by atoms with Gasteiger partial charge in [-0.3, -0.25) is 13.9 Å². The number of benzene rings is 1. The molecule has 0 radical (unpaired) electrons. The topological polar surface area (TPSA) is 239 Å². The lowest BCUT2D eigenvalue weighted by Gasteiger charge is -2.14. The summed E-state index contributed by atoms with van der Waals surface area (Å²) < 4.78 is 66.5. The lowest BCUT2D eigenvalue weighted by Crippen LogP contribution is -2.26. The molecule has 0 bridgehead atoms. The summed E-state index contributed by atoms with van der Waals surface area (Å²) >= 11 is 1.68. The third-order valence-corrected chi connectivity index (χ3v) is 7.79. The minimum Gasteiger partial charge on any atom is -0.493 e. The molecule has 0 unspecified atom stereocenters. The van der Waals surface area contributed by atoms with Crippen molar-refractivity contribution in [1.29, 1.82) is 0 Å². The molecular formula is C17H15N5O10S4. The van der Waals surface area contributed by atoms with Gasteiger partial charge in [0, 0.05) is 22.8 Å². The number of rotatable bonds is 9. The molecule has 0 aliphatic carbocycles. The molecule has 0 saturated carbocycles. The molecule has 19 heteroatoms. The second-order valence-corrected chi connectivity index (χ2v) is 11.6. The monoisotopic (exact) mass is 577 g/mol. The Labute approximate surface area is 210 Å². The van der Waals surface area contributed by atoms with Crippen molar-refractivity contribution in [2.75, 3.05) is 11.5 Å². The Morgan fingerprint density at radius 3 is 2.33 bits per heavy atom. The van der Waals surface area contributed by atoms with Gasteiger partial charge in [-0.2, -0.15) is 26.2 Å². The molecular weight excluding hydrogens is 562 g/mol. The summed E-state index contributed by atoms with van der Waals surface area (Å²) in [6, 6.07) is 4.01. The predicted octanol–water partition coefficient (Wildman–Crippen LogP) is 2.04. The maximum absolute atomic E-state index is 12.8. The maximum Gasteiger partial charge on any atom is 0.341 e. The second kappa shape index (κ2) is 10.4. The number of pyridine rings is 1. The van der Waals surface area contributed by atoms with Crippen LogP contribution in [0.4, 0.5) is 10.8 Å². The highest BCUT2D eigenvalue weighted by molar-refractivity contribution is 8.00. The molecule has 3 rings (SSSR count). The van der Waals surface area contributed by atoms with Crippen molar-refractivity contribution in [3.05, 3.63) is 45.7 Å². The molecule has 3 aromatic rings. The molecule has 0 atom stereocenters. The number of carboxylic acids is 1. The Balaban J connectivity index is 2.03. The van der Waals surface area contributed by atoms with E-state index < -0.39 is 59.5 Å². The minimum atomic E-state index is -4.54. The van der Waals surface area contributed by atoms with Crippen molar-refractivity contribution >= 4 is 60.3 Å². The zero-order valence-electron chi connectivity index (χ0n) is 17.8. The van der Waals surface area contributed by atoms with Crippen molar-refractivity contribution in [1.82, 2.24) is 13.9 Å². The van der Waals surface area contributed by atoms with E-state index in [4.69, 9.17) is 9.11 Å². The van der Waals surface area contributed by atoms with Crippen LogP contribution in [-0.4, -0.2) is 67.6 Å².